The normalized spacial score (nSPS) is 11.8. The zero-order chi connectivity index (χ0) is 19.8. The molecule has 4 nitrogen and oxygen atoms in total. The average Bonchev–Trinajstić information content (AvgIpc) is 2.75. The summed E-state index contributed by atoms with van der Waals surface area (Å²) < 4.78 is 5.01. The Morgan fingerprint density at radius 3 is 1.61 bits per heavy atom. The van der Waals surface area contributed by atoms with Crippen molar-refractivity contribution in [1.82, 2.24) is 4.90 Å². The lowest BCUT2D eigenvalue weighted by molar-refractivity contribution is -0.145. The van der Waals surface area contributed by atoms with Crippen molar-refractivity contribution in [3.05, 3.63) is 108 Å². The summed E-state index contributed by atoms with van der Waals surface area (Å²) in [5.74, 6) is -0.819. The molecule has 4 heteroatoms. The summed E-state index contributed by atoms with van der Waals surface area (Å²) in [4.78, 5) is 27.8. The molecule has 0 N–H and O–H groups in total. The number of methoxy groups -OCH3 is 1. The lowest BCUT2D eigenvalue weighted by atomic mass is 10.0. The minimum Gasteiger partial charge on any atom is -0.467 e. The molecule has 0 aliphatic carbocycles. The Bertz CT molecular complexity index is 853. The van der Waals surface area contributed by atoms with E-state index < -0.39 is 12.0 Å². The predicted octanol–water partition coefficient (Wildman–Crippen LogP) is 4.11. The SMILES string of the molecule is COC(=O)C(C(=O)c1ccccc1)N(Cc1ccccc1)Cc1ccccc1. The van der Waals surface area contributed by atoms with E-state index in [9.17, 15) is 9.59 Å². The van der Waals surface area contributed by atoms with Crippen LogP contribution >= 0.6 is 0 Å². The molecule has 0 heterocycles. The number of carbonyl (C=O) groups is 2. The van der Waals surface area contributed by atoms with E-state index in [-0.39, 0.29) is 5.78 Å². The molecule has 0 bridgehead atoms. The third kappa shape index (κ3) is 4.93. The largest absolute Gasteiger partial charge is 0.467 e. The molecule has 0 fully saturated rings. The van der Waals surface area contributed by atoms with Crippen molar-refractivity contribution < 1.29 is 14.3 Å². The second-order valence-corrected chi connectivity index (χ2v) is 6.53. The molecule has 28 heavy (non-hydrogen) atoms. The van der Waals surface area contributed by atoms with Crippen LogP contribution in [-0.2, 0) is 22.6 Å². The van der Waals surface area contributed by atoms with Gasteiger partial charge in [-0.3, -0.25) is 9.69 Å². The van der Waals surface area contributed by atoms with Crippen molar-refractivity contribution in [1.29, 1.82) is 0 Å². The number of hydrogen-bond acceptors (Lipinski definition) is 4. The molecular weight excluding hydrogens is 350 g/mol. The molecule has 0 aliphatic heterocycles. The van der Waals surface area contributed by atoms with Crippen LogP contribution in [0, 0.1) is 0 Å². The number of nitrogens with zero attached hydrogens (tertiary/aromatic N) is 1. The van der Waals surface area contributed by atoms with Crippen LogP contribution in [0.4, 0.5) is 0 Å². The Morgan fingerprint density at radius 2 is 1.18 bits per heavy atom. The van der Waals surface area contributed by atoms with Crippen LogP contribution in [-0.4, -0.2) is 29.8 Å². The van der Waals surface area contributed by atoms with Crippen LogP contribution in [0.25, 0.3) is 0 Å². The molecule has 142 valence electrons. The molecule has 0 aliphatic rings. The molecule has 0 radical (unpaired) electrons. The summed E-state index contributed by atoms with van der Waals surface area (Å²) in [5.41, 5.74) is 2.53. The molecule has 3 aromatic carbocycles. The molecular formula is C24H23NO3. The van der Waals surface area contributed by atoms with E-state index in [1.165, 1.54) is 7.11 Å². The van der Waals surface area contributed by atoms with Crippen molar-refractivity contribution in [2.45, 2.75) is 19.1 Å². The Balaban J connectivity index is 1.97. The number of ketones is 1. The predicted molar refractivity (Wildman–Crippen MR) is 109 cm³/mol. The van der Waals surface area contributed by atoms with Crippen molar-refractivity contribution in [3.63, 3.8) is 0 Å². The summed E-state index contributed by atoms with van der Waals surface area (Å²) in [7, 11) is 1.32. The van der Waals surface area contributed by atoms with Gasteiger partial charge in [-0.05, 0) is 11.1 Å². The zero-order valence-corrected chi connectivity index (χ0v) is 15.8. The van der Waals surface area contributed by atoms with Crippen LogP contribution in [0.2, 0.25) is 0 Å². The highest BCUT2D eigenvalue weighted by Gasteiger charge is 2.34. The standard InChI is InChI=1S/C24H23NO3/c1-28-24(27)22(23(26)21-15-9-4-10-16-21)25(17-19-11-5-2-6-12-19)18-20-13-7-3-8-14-20/h2-16,22H,17-18H2,1H3. The fourth-order valence-corrected chi connectivity index (χ4v) is 3.17. The lowest BCUT2D eigenvalue weighted by Gasteiger charge is -2.29. The summed E-state index contributed by atoms with van der Waals surface area (Å²) in [6.45, 7) is 0.905. The highest BCUT2D eigenvalue weighted by atomic mass is 16.5. The fourth-order valence-electron chi connectivity index (χ4n) is 3.17. The smallest absolute Gasteiger partial charge is 0.331 e. The molecule has 3 rings (SSSR count). The van der Waals surface area contributed by atoms with Gasteiger partial charge in [-0.25, -0.2) is 4.79 Å². The van der Waals surface area contributed by atoms with Gasteiger partial charge in [0.1, 0.15) is 0 Å². The minimum atomic E-state index is -1.02. The van der Waals surface area contributed by atoms with Gasteiger partial charge in [0.05, 0.1) is 7.11 Å². The van der Waals surface area contributed by atoms with Gasteiger partial charge in [0.25, 0.3) is 0 Å². The zero-order valence-electron chi connectivity index (χ0n) is 15.8. The molecule has 1 atom stereocenters. The topological polar surface area (TPSA) is 46.6 Å². The number of benzene rings is 3. The number of Topliss-reactive ketones (excluding diaryl/α,β-unsaturated/α-hetero) is 1. The number of carbonyl (C=O) groups excluding carboxylic acids is 2. The summed E-state index contributed by atoms with van der Waals surface area (Å²) in [6, 6.07) is 27.5. The Hall–Kier alpha value is -3.24. The summed E-state index contributed by atoms with van der Waals surface area (Å²) >= 11 is 0. The third-order valence-corrected chi connectivity index (χ3v) is 4.55. The van der Waals surface area contributed by atoms with Crippen LogP contribution in [0.1, 0.15) is 21.5 Å². The number of hydrogen-bond donors (Lipinski definition) is 0. The average molecular weight is 373 g/mol. The van der Waals surface area contributed by atoms with Crippen LogP contribution in [0.15, 0.2) is 91.0 Å². The summed E-state index contributed by atoms with van der Waals surface area (Å²) in [6.07, 6.45) is 0. The number of ether oxygens (including phenoxy) is 1. The Morgan fingerprint density at radius 1 is 0.750 bits per heavy atom. The third-order valence-electron chi connectivity index (χ3n) is 4.55. The molecule has 0 saturated carbocycles. The first kappa shape index (κ1) is 19.5. The fraction of sp³-hybridized carbons (Fsp3) is 0.167. The van der Waals surface area contributed by atoms with Gasteiger partial charge in [-0.15, -0.1) is 0 Å². The molecule has 0 spiro atoms. The van der Waals surface area contributed by atoms with Gasteiger partial charge >= 0.3 is 5.97 Å². The number of rotatable bonds is 8. The van der Waals surface area contributed by atoms with Crippen LogP contribution in [0.5, 0.6) is 0 Å². The van der Waals surface area contributed by atoms with Gasteiger partial charge in [-0.1, -0.05) is 91.0 Å². The van der Waals surface area contributed by atoms with E-state index in [4.69, 9.17) is 4.74 Å². The molecule has 3 aromatic rings. The lowest BCUT2D eigenvalue weighted by Crippen LogP contribution is -2.46. The van der Waals surface area contributed by atoms with Gasteiger partial charge in [0, 0.05) is 18.7 Å². The first-order valence-corrected chi connectivity index (χ1v) is 9.18. The highest BCUT2D eigenvalue weighted by Crippen LogP contribution is 2.18. The monoisotopic (exact) mass is 373 g/mol. The second-order valence-electron chi connectivity index (χ2n) is 6.53. The molecule has 0 aromatic heterocycles. The molecule has 0 saturated heterocycles. The molecule has 0 amide bonds. The van der Waals surface area contributed by atoms with Crippen molar-refractivity contribution in [2.24, 2.45) is 0 Å². The minimum absolute atomic E-state index is 0.265. The van der Waals surface area contributed by atoms with E-state index in [0.717, 1.165) is 11.1 Å². The van der Waals surface area contributed by atoms with E-state index in [2.05, 4.69) is 0 Å². The van der Waals surface area contributed by atoms with E-state index in [1.54, 1.807) is 24.3 Å². The van der Waals surface area contributed by atoms with Gasteiger partial charge in [-0.2, -0.15) is 0 Å². The summed E-state index contributed by atoms with van der Waals surface area (Å²) in [5, 5.41) is 0. The van der Waals surface area contributed by atoms with E-state index in [1.807, 2.05) is 71.6 Å². The first-order valence-electron chi connectivity index (χ1n) is 9.18. The van der Waals surface area contributed by atoms with Crippen molar-refractivity contribution >= 4 is 11.8 Å². The van der Waals surface area contributed by atoms with E-state index in [0.29, 0.717) is 18.7 Å². The maximum atomic E-state index is 13.2. The first-order chi connectivity index (χ1) is 13.7. The Kier molecular flexibility index (Phi) is 6.71. The quantitative estimate of drug-likeness (QED) is 0.339. The maximum Gasteiger partial charge on any atom is 0.331 e. The maximum absolute atomic E-state index is 13.2. The van der Waals surface area contributed by atoms with Crippen molar-refractivity contribution in [2.75, 3.05) is 7.11 Å². The van der Waals surface area contributed by atoms with Crippen LogP contribution in [0.3, 0.4) is 0 Å². The van der Waals surface area contributed by atoms with E-state index >= 15 is 0 Å². The molecule has 1 unspecified atom stereocenters. The number of esters is 1. The van der Waals surface area contributed by atoms with Gasteiger partial charge in [0.15, 0.2) is 11.8 Å². The second kappa shape index (κ2) is 9.62. The van der Waals surface area contributed by atoms with Crippen molar-refractivity contribution in [3.8, 4) is 0 Å². The van der Waals surface area contributed by atoms with Gasteiger partial charge in [0.2, 0.25) is 0 Å². The van der Waals surface area contributed by atoms with Gasteiger partial charge < -0.3 is 4.74 Å². The Labute approximate surface area is 165 Å². The van der Waals surface area contributed by atoms with Crippen LogP contribution < -0.4 is 0 Å². The highest BCUT2D eigenvalue weighted by molar-refractivity contribution is 6.12.